The van der Waals surface area contributed by atoms with Crippen molar-refractivity contribution in [2.75, 3.05) is 5.32 Å². The second kappa shape index (κ2) is 5.94. The van der Waals surface area contributed by atoms with Crippen LogP contribution in [0.5, 0.6) is 0 Å². The highest BCUT2D eigenvalue weighted by Gasteiger charge is 2.18. The minimum absolute atomic E-state index is 0.245. The van der Waals surface area contributed by atoms with Crippen LogP contribution >= 0.6 is 39.1 Å². The average molecular weight is 363 g/mol. The topological polar surface area (TPSA) is 46.9 Å². The summed E-state index contributed by atoms with van der Waals surface area (Å²) in [6, 6.07) is 4.57. The molecule has 1 atom stereocenters. The summed E-state index contributed by atoms with van der Waals surface area (Å²) in [4.78, 5) is 12.1. The van der Waals surface area contributed by atoms with Gasteiger partial charge in [-0.3, -0.25) is 9.48 Å². The largest absolute Gasteiger partial charge is 0.322 e. The molecule has 0 saturated carbocycles. The molecule has 1 amide bonds. The molecular formula is C12H10BrCl2N3O. The fraction of sp³-hybridized carbons (Fsp3) is 0.167. The number of amides is 1. The zero-order valence-corrected chi connectivity index (χ0v) is 13.0. The van der Waals surface area contributed by atoms with Gasteiger partial charge in [0.15, 0.2) is 0 Å². The average Bonchev–Trinajstić information content (AvgIpc) is 2.79. The number of para-hydroxylation sites is 1. The normalized spacial score (nSPS) is 12.2. The predicted molar refractivity (Wildman–Crippen MR) is 79.7 cm³/mol. The predicted octanol–water partition coefficient (Wildman–Crippen LogP) is 4.15. The first-order valence-electron chi connectivity index (χ1n) is 5.43. The number of halogens is 3. The molecule has 7 heteroatoms. The van der Waals surface area contributed by atoms with Gasteiger partial charge in [-0.2, -0.15) is 5.10 Å². The number of benzene rings is 1. The molecule has 0 saturated heterocycles. The third kappa shape index (κ3) is 3.29. The summed E-state index contributed by atoms with van der Waals surface area (Å²) < 4.78 is 2.35. The van der Waals surface area contributed by atoms with Gasteiger partial charge in [0.05, 0.1) is 26.4 Å². The lowest BCUT2D eigenvalue weighted by Crippen LogP contribution is -2.24. The number of anilines is 1. The summed E-state index contributed by atoms with van der Waals surface area (Å²) in [5.74, 6) is -0.245. The minimum Gasteiger partial charge on any atom is -0.322 e. The van der Waals surface area contributed by atoms with E-state index in [-0.39, 0.29) is 5.91 Å². The minimum atomic E-state index is -0.473. The van der Waals surface area contributed by atoms with E-state index in [1.165, 1.54) is 0 Å². The summed E-state index contributed by atoms with van der Waals surface area (Å²) in [7, 11) is 0. The summed E-state index contributed by atoms with van der Waals surface area (Å²) in [5.41, 5.74) is 0.411. The van der Waals surface area contributed by atoms with Crippen molar-refractivity contribution in [2.45, 2.75) is 13.0 Å². The maximum Gasteiger partial charge on any atom is 0.249 e. The third-order valence-corrected chi connectivity index (χ3v) is 3.60. The molecule has 0 radical (unpaired) electrons. The molecule has 0 spiro atoms. The fourth-order valence-electron chi connectivity index (χ4n) is 1.49. The highest BCUT2D eigenvalue weighted by molar-refractivity contribution is 9.10. The zero-order chi connectivity index (χ0) is 14.0. The number of hydrogen-bond donors (Lipinski definition) is 1. The van der Waals surface area contributed by atoms with Crippen LogP contribution in [-0.4, -0.2) is 15.7 Å². The van der Waals surface area contributed by atoms with Crippen LogP contribution in [0.3, 0.4) is 0 Å². The molecule has 100 valence electrons. The Hall–Kier alpha value is -1.04. The number of aromatic nitrogens is 2. The van der Waals surface area contributed by atoms with Gasteiger partial charge in [0.1, 0.15) is 6.04 Å². The van der Waals surface area contributed by atoms with E-state index in [2.05, 4.69) is 26.3 Å². The highest BCUT2D eigenvalue weighted by Crippen LogP contribution is 2.30. The molecule has 0 bridgehead atoms. The van der Waals surface area contributed by atoms with Gasteiger partial charge in [-0.15, -0.1) is 0 Å². The Morgan fingerprint density at radius 1 is 1.42 bits per heavy atom. The Morgan fingerprint density at radius 3 is 2.58 bits per heavy atom. The molecule has 1 unspecified atom stereocenters. The van der Waals surface area contributed by atoms with E-state index < -0.39 is 6.04 Å². The van der Waals surface area contributed by atoms with E-state index in [4.69, 9.17) is 23.2 Å². The lowest BCUT2D eigenvalue weighted by Gasteiger charge is -2.14. The van der Waals surface area contributed by atoms with Crippen molar-refractivity contribution in [2.24, 2.45) is 0 Å². The summed E-state index contributed by atoms with van der Waals surface area (Å²) in [6.45, 7) is 1.74. The molecule has 2 rings (SSSR count). The van der Waals surface area contributed by atoms with Crippen molar-refractivity contribution >= 4 is 50.7 Å². The molecular weight excluding hydrogens is 353 g/mol. The van der Waals surface area contributed by atoms with Gasteiger partial charge in [0.25, 0.3) is 0 Å². The number of hydrogen-bond acceptors (Lipinski definition) is 2. The van der Waals surface area contributed by atoms with E-state index in [0.29, 0.717) is 15.7 Å². The van der Waals surface area contributed by atoms with Crippen LogP contribution in [0.1, 0.15) is 13.0 Å². The van der Waals surface area contributed by atoms with Crippen LogP contribution in [0.4, 0.5) is 5.69 Å². The van der Waals surface area contributed by atoms with Gasteiger partial charge in [-0.05, 0) is 35.0 Å². The Balaban J connectivity index is 2.17. The van der Waals surface area contributed by atoms with Crippen LogP contribution < -0.4 is 5.32 Å². The van der Waals surface area contributed by atoms with Crippen LogP contribution in [-0.2, 0) is 4.79 Å². The first-order valence-corrected chi connectivity index (χ1v) is 6.98. The van der Waals surface area contributed by atoms with Crippen molar-refractivity contribution in [1.82, 2.24) is 9.78 Å². The van der Waals surface area contributed by atoms with E-state index in [0.717, 1.165) is 4.47 Å². The van der Waals surface area contributed by atoms with E-state index in [9.17, 15) is 4.79 Å². The number of carbonyl (C=O) groups excluding carboxylic acids is 1. The van der Waals surface area contributed by atoms with Gasteiger partial charge < -0.3 is 5.32 Å². The third-order valence-electron chi connectivity index (χ3n) is 2.56. The molecule has 0 fully saturated rings. The molecule has 0 aliphatic carbocycles. The van der Waals surface area contributed by atoms with Crippen LogP contribution in [0, 0.1) is 0 Å². The Labute approximate surface area is 128 Å². The van der Waals surface area contributed by atoms with Crippen molar-refractivity contribution in [3.05, 3.63) is 45.1 Å². The Kier molecular flexibility index (Phi) is 4.50. The van der Waals surface area contributed by atoms with E-state index >= 15 is 0 Å². The molecule has 4 nitrogen and oxygen atoms in total. The lowest BCUT2D eigenvalue weighted by molar-refractivity contribution is -0.119. The first-order chi connectivity index (χ1) is 8.99. The lowest BCUT2D eigenvalue weighted by atomic mass is 10.2. The molecule has 1 aromatic heterocycles. The second-order valence-electron chi connectivity index (χ2n) is 3.90. The maximum atomic E-state index is 12.1. The molecule has 0 aliphatic rings. The Bertz CT molecular complexity index is 595. The molecule has 2 aromatic rings. The SMILES string of the molecule is CC(C(=O)Nc1c(Cl)cccc1Cl)n1cc(Br)cn1. The van der Waals surface area contributed by atoms with Crippen molar-refractivity contribution < 1.29 is 4.79 Å². The number of rotatable bonds is 3. The number of carbonyl (C=O) groups is 1. The smallest absolute Gasteiger partial charge is 0.249 e. The van der Waals surface area contributed by atoms with Crippen LogP contribution in [0.2, 0.25) is 10.0 Å². The Morgan fingerprint density at radius 2 is 2.05 bits per heavy atom. The standard InChI is InChI=1S/C12H10BrCl2N3O/c1-7(18-6-8(13)5-16-18)12(19)17-11-9(14)3-2-4-10(11)15/h2-7H,1H3,(H,17,19). The zero-order valence-electron chi connectivity index (χ0n) is 9.90. The van der Waals surface area contributed by atoms with Crippen molar-refractivity contribution in [3.8, 4) is 0 Å². The molecule has 1 aromatic carbocycles. The van der Waals surface area contributed by atoms with Crippen molar-refractivity contribution in [3.63, 3.8) is 0 Å². The maximum absolute atomic E-state index is 12.1. The van der Waals surface area contributed by atoms with E-state index in [1.54, 1.807) is 42.2 Å². The summed E-state index contributed by atoms with van der Waals surface area (Å²) in [6.07, 6.45) is 3.34. The van der Waals surface area contributed by atoms with Crippen LogP contribution in [0.25, 0.3) is 0 Å². The van der Waals surface area contributed by atoms with Gasteiger partial charge in [-0.25, -0.2) is 0 Å². The summed E-state index contributed by atoms with van der Waals surface area (Å²) in [5, 5.41) is 7.57. The molecule has 1 heterocycles. The van der Waals surface area contributed by atoms with Gasteiger partial charge in [0.2, 0.25) is 5.91 Å². The molecule has 0 aliphatic heterocycles. The fourth-order valence-corrected chi connectivity index (χ4v) is 2.28. The first kappa shape index (κ1) is 14.4. The van der Waals surface area contributed by atoms with Crippen molar-refractivity contribution in [1.29, 1.82) is 0 Å². The molecule has 1 N–H and O–H groups in total. The van der Waals surface area contributed by atoms with E-state index in [1.807, 2.05) is 0 Å². The second-order valence-corrected chi connectivity index (χ2v) is 5.63. The number of nitrogens with one attached hydrogen (secondary N) is 1. The van der Waals surface area contributed by atoms with Gasteiger partial charge >= 0.3 is 0 Å². The van der Waals surface area contributed by atoms with Gasteiger partial charge in [-0.1, -0.05) is 29.3 Å². The molecule has 19 heavy (non-hydrogen) atoms. The quantitative estimate of drug-likeness (QED) is 0.891. The summed E-state index contributed by atoms with van der Waals surface area (Å²) >= 11 is 15.3. The van der Waals surface area contributed by atoms with Gasteiger partial charge in [0, 0.05) is 6.20 Å². The number of nitrogens with zero attached hydrogens (tertiary/aromatic N) is 2. The monoisotopic (exact) mass is 361 g/mol. The highest BCUT2D eigenvalue weighted by atomic mass is 79.9. The van der Waals surface area contributed by atoms with Crippen LogP contribution in [0.15, 0.2) is 35.1 Å².